The highest BCUT2D eigenvalue weighted by atomic mass is 79.9. The Balaban J connectivity index is 2.66. The molecule has 0 saturated carbocycles. The van der Waals surface area contributed by atoms with Gasteiger partial charge in [-0.15, -0.1) is 0 Å². The van der Waals surface area contributed by atoms with Gasteiger partial charge in [-0.2, -0.15) is 0 Å². The van der Waals surface area contributed by atoms with Gasteiger partial charge in [-0.25, -0.2) is 0 Å². The quantitative estimate of drug-likeness (QED) is 0.847. The normalized spacial score (nSPS) is 9.86. The largest absolute Gasteiger partial charge is 0.508 e. The van der Waals surface area contributed by atoms with Crippen LogP contribution in [0.3, 0.4) is 0 Å². The van der Waals surface area contributed by atoms with Crippen molar-refractivity contribution in [1.82, 2.24) is 0 Å². The minimum Gasteiger partial charge on any atom is -0.508 e. The van der Waals surface area contributed by atoms with Gasteiger partial charge in [0.05, 0.1) is 7.11 Å². The highest BCUT2D eigenvalue weighted by molar-refractivity contribution is 9.10. The Morgan fingerprint density at radius 1 is 1.57 bits per heavy atom. The van der Waals surface area contributed by atoms with Crippen molar-refractivity contribution in [2.75, 3.05) is 7.11 Å². The zero-order valence-electron chi connectivity index (χ0n) is 7.79. The molecule has 0 spiro atoms. The van der Waals surface area contributed by atoms with Crippen LogP contribution in [0.5, 0.6) is 5.75 Å². The SMILES string of the molecule is COC(=O)CCc1cc(Br)ccc1O. The molecule has 3 nitrogen and oxygen atoms in total. The Labute approximate surface area is 90.8 Å². The number of hydrogen-bond acceptors (Lipinski definition) is 3. The number of aromatic hydroxyl groups is 1. The Morgan fingerprint density at radius 2 is 2.29 bits per heavy atom. The van der Waals surface area contributed by atoms with Crippen molar-refractivity contribution in [3.8, 4) is 5.75 Å². The molecular formula is C10H11BrO3. The lowest BCUT2D eigenvalue weighted by atomic mass is 10.1. The van der Waals surface area contributed by atoms with E-state index < -0.39 is 0 Å². The molecule has 0 aliphatic rings. The first-order valence-corrected chi connectivity index (χ1v) is 4.97. The fourth-order valence-electron chi connectivity index (χ4n) is 1.09. The first-order chi connectivity index (χ1) is 6.63. The highest BCUT2D eigenvalue weighted by Crippen LogP contribution is 2.22. The number of phenols is 1. The molecule has 0 fully saturated rings. The summed E-state index contributed by atoms with van der Waals surface area (Å²) in [6, 6.07) is 5.13. The zero-order valence-corrected chi connectivity index (χ0v) is 9.37. The predicted molar refractivity (Wildman–Crippen MR) is 56.1 cm³/mol. The van der Waals surface area contributed by atoms with Gasteiger partial charge in [-0.05, 0) is 30.2 Å². The van der Waals surface area contributed by atoms with Crippen molar-refractivity contribution in [1.29, 1.82) is 0 Å². The minimum atomic E-state index is -0.274. The molecule has 0 aromatic heterocycles. The van der Waals surface area contributed by atoms with Gasteiger partial charge in [0.15, 0.2) is 0 Å². The van der Waals surface area contributed by atoms with Crippen molar-refractivity contribution in [3.63, 3.8) is 0 Å². The van der Waals surface area contributed by atoms with Crippen LogP contribution in [-0.2, 0) is 16.0 Å². The summed E-state index contributed by atoms with van der Waals surface area (Å²) in [5.41, 5.74) is 0.741. The lowest BCUT2D eigenvalue weighted by Gasteiger charge is -2.04. The summed E-state index contributed by atoms with van der Waals surface area (Å²) >= 11 is 3.29. The molecule has 0 bridgehead atoms. The van der Waals surface area contributed by atoms with Crippen LogP contribution in [0.1, 0.15) is 12.0 Å². The molecule has 1 aromatic carbocycles. The first kappa shape index (κ1) is 11.0. The number of esters is 1. The summed E-state index contributed by atoms with van der Waals surface area (Å²) in [7, 11) is 1.35. The summed E-state index contributed by atoms with van der Waals surface area (Å²) in [5, 5.41) is 9.45. The molecular weight excluding hydrogens is 248 g/mol. The van der Waals surface area contributed by atoms with Crippen LogP contribution in [0.2, 0.25) is 0 Å². The van der Waals surface area contributed by atoms with Gasteiger partial charge >= 0.3 is 5.97 Å². The average molecular weight is 259 g/mol. The van der Waals surface area contributed by atoms with E-state index in [2.05, 4.69) is 20.7 Å². The van der Waals surface area contributed by atoms with Crippen LogP contribution in [0.25, 0.3) is 0 Å². The van der Waals surface area contributed by atoms with Crippen LogP contribution in [0, 0.1) is 0 Å². The summed E-state index contributed by atoms with van der Waals surface area (Å²) in [4.78, 5) is 10.9. The molecule has 0 saturated heterocycles. The van der Waals surface area contributed by atoms with Crippen molar-refractivity contribution >= 4 is 21.9 Å². The number of hydrogen-bond donors (Lipinski definition) is 1. The summed E-state index contributed by atoms with van der Waals surface area (Å²) < 4.78 is 5.39. The maximum atomic E-state index is 10.9. The molecule has 0 atom stereocenters. The highest BCUT2D eigenvalue weighted by Gasteiger charge is 2.05. The molecule has 1 rings (SSSR count). The number of carbonyl (C=O) groups excluding carboxylic acids is 1. The number of halogens is 1. The van der Waals surface area contributed by atoms with Gasteiger partial charge in [-0.3, -0.25) is 4.79 Å². The van der Waals surface area contributed by atoms with E-state index in [1.807, 2.05) is 0 Å². The molecule has 0 aliphatic carbocycles. The number of phenolic OH excluding ortho intramolecular Hbond substituents is 1. The standard InChI is InChI=1S/C10H11BrO3/c1-14-10(13)5-2-7-6-8(11)3-4-9(7)12/h3-4,6,12H,2,5H2,1H3. The molecule has 0 amide bonds. The Hall–Kier alpha value is -1.03. The molecule has 76 valence electrons. The monoisotopic (exact) mass is 258 g/mol. The molecule has 1 aromatic rings. The second-order valence-corrected chi connectivity index (χ2v) is 3.76. The van der Waals surface area contributed by atoms with Gasteiger partial charge in [0, 0.05) is 10.9 Å². The molecule has 0 heterocycles. The topological polar surface area (TPSA) is 46.5 Å². The van der Waals surface area contributed by atoms with Gasteiger partial charge in [0.25, 0.3) is 0 Å². The van der Waals surface area contributed by atoms with E-state index in [0.29, 0.717) is 6.42 Å². The van der Waals surface area contributed by atoms with Crippen molar-refractivity contribution in [2.45, 2.75) is 12.8 Å². The Morgan fingerprint density at radius 3 is 2.93 bits per heavy atom. The van der Waals surface area contributed by atoms with Gasteiger partial charge in [0.2, 0.25) is 0 Å². The number of benzene rings is 1. The zero-order chi connectivity index (χ0) is 10.6. The predicted octanol–water partition coefficient (Wildman–Crippen LogP) is 2.26. The van der Waals surface area contributed by atoms with E-state index in [1.54, 1.807) is 18.2 Å². The second kappa shape index (κ2) is 5.00. The van der Waals surface area contributed by atoms with Crippen LogP contribution in [-0.4, -0.2) is 18.2 Å². The maximum Gasteiger partial charge on any atom is 0.305 e. The average Bonchev–Trinajstić information content (AvgIpc) is 2.19. The number of rotatable bonds is 3. The number of ether oxygens (including phenoxy) is 1. The van der Waals surface area contributed by atoms with E-state index in [9.17, 15) is 9.90 Å². The summed E-state index contributed by atoms with van der Waals surface area (Å²) in [6.07, 6.45) is 0.762. The molecule has 0 aliphatic heterocycles. The van der Waals surface area contributed by atoms with Crippen LogP contribution in [0.4, 0.5) is 0 Å². The molecule has 4 heteroatoms. The molecule has 0 unspecified atom stereocenters. The third-order valence-corrected chi connectivity index (χ3v) is 2.36. The van der Waals surface area contributed by atoms with Crippen LogP contribution >= 0.6 is 15.9 Å². The third-order valence-electron chi connectivity index (χ3n) is 1.87. The first-order valence-electron chi connectivity index (χ1n) is 4.17. The summed E-state index contributed by atoms with van der Waals surface area (Å²) in [6.45, 7) is 0. The number of methoxy groups -OCH3 is 1. The fourth-order valence-corrected chi connectivity index (χ4v) is 1.50. The lowest BCUT2D eigenvalue weighted by Crippen LogP contribution is -2.01. The minimum absolute atomic E-state index is 0.206. The van der Waals surface area contributed by atoms with Crippen molar-refractivity contribution < 1.29 is 14.6 Å². The maximum absolute atomic E-state index is 10.9. The third kappa shape index (κ3) is 3.03. The second-order valence-electron chi connectivity index (χ2n) is 2.85. The molecule has 1 N–H and O–H groups in total. The number of carbonyl (C=O) groups is 1. The van der Waals surface area contributed by atoms with E-state index in [-0.39, 0.29) is 18.1 Å². The summed E-state index contributed by atoms with van der Waals surface area (Å²) in [5.74, 6) is -0.0681. The van der Waals surface area contributed by atoms with Crippen molar-refractivity contribution in [2.24, 2.45) is 0 Å². The van der Waals surface area contributed by atoms with E-state index in [0.717, 1.165) is 10.0 Å². The van der Waals surface area contributed by atoms with Gasteiger partial charge < -0.3 is 9.84 Å². The lowest BCUT2D eigenvalue weighted by molar-refractivity contribution is -0.140. The molecule has 0 radical (unpaired) electrons. The van der Waals surface area contributed by atoms with Crippen molar-refractivity contribution in [3.05, 3.63) is 28.2 Å². The van der Waals surface area contributed by atoms with Crippen LogP contribution in [0.15, 0.2) is 22.7 Å². The van der Waals surface area contributed by atoms with Gasteiger partial charge in [-0.1, -0.05) is 15.9 Å². The van der Waals surface area contributed by atoms with E-state index >= 15 is 0 Å². The fraction of sp³-hybridized carbons (Fsp3) is 0.300. The smallest absolute Gasteiger partial charge is 0.305 e. The Kier molecular flexibility index (Phi) is 3.95. The van der Waals surface area contributed by atoms with Crippen LogP contribution < -0.4 is 0 Å². The number of aryl methyl sites for hydroxylation is 1. The van der Waals surface area contributed by atoms with E-state index in [4.69, 9.17) is 0 Å². The Bertz CT molecular complexity index is 336. The molecule has 14 heavy (non-hydrogen) atoms. The van der Waals surface area contributed by atoms with Gasteiger partial charge in [0.1, 0.15) is 5.75 Å². The van der Waals surface area contributed by atoms with E-state index in [1.165, 1.54) is 7.11 Å².